The molecule has 0 radical (unpaired) electrons. The predicted molar refractivity (Wildman–Crippen MR) is 92.9 cm³/mol. The maximum Gasteiger partial charge on any atom is 0.232 e. The molecule has 1 aromatic rings. The molecule has 0 spiro atoms. The van der Waals surface area contributed by atoms with E-state index in [-0.39, 0.29) is 5.92 Å². The molecule has 21 heavy (non-hydrogen) atoms. The van der Waals surface area contributed by atoms with Gasteiger partial charge in [0.15, 0.2) is 0 Å². The van der Waals surface area contributed by atoms with E-state index in [1.807, 2.05) is 6.07 Å². The first kappa shape index (κ1) is 18.7. The highest BCUT2D eigenvalue weighted by molar-refractivity contribution is 9.10. The van der Waals surface area contributed by atoms with E-state index in [2.05, 4.69) is 47.1 Å². The van der Waals surface area contributed by atoms with E-state index in [1.54, 1.807) is 14.2 Å². The third-order valence-electron chi connectivity index (χ3n) is 4.02. The molecule has 0 aliphatic rings. The molecule has 0 aromatic heterocycles. The molecule has 0 aliphatic carbocycles. The van der Waals surface area contributed by atoms with Crippen molar-refractivity contribution in [2.45, 2.75) is 62.5 Å². The quantitative estimate of drug-likeness (QED) is 0.280. The van der Waals surface area contributed by atoms with Crippen LogP contribution in [0.2, 0.25) is 0 Å². The highest BCUT2D eigenvalue weighted by Crippen LogP contribution is 2.40. The van der Waals surface area contributed by atoms with Crippen molar-refractivity contribution in [3.05, 3.63) is 35.9 Å². The Morgan fingerprint density at radius 1 is 0.952 bits per heavy atom. The molecule has 0 amide bonds. The summed E-state index contributed by atoms with van der Waals surface area (Å²) in [7, 11) is 3.38. The van der Waals surface area contributed by atoms with Gasteiger partial charge in [-0.15, -0.1) is 0 Å². The minimum absolute atomic E-state index is 0.194. The number of halogens is 1. The van der Waals surface area contributed by atoms with E-state index >= 15 is 0 Å². The predicted octanol–water partition coefficient (Wildman–Crippen LogP) is 5.86. The molecule has 0 bridgehead atoms. The van der Waals surface area contributed by atoms with Gasteiger partial charge in [-0.25, -0.2) is 0 Å². The first-order valence-electron chi connectivity index (χ1n) is 8.02. The molecule has 0 heterocycles. The van der Waals surface area contributed by atoms with Gasteiger partial charge in [-0.2, -0.15) is 0 Å². The minimum atomic E-state index is -0.738. The second-order valence-electron chi connectivity index (χ2n) is 5.51. The lowest BCUT2D eigenvalue weighted by Gasteiger charge is -2.33. The molecule has 1 rings (SSSR count). The summed E-state index contributed by atoms with van der Waals surface area (Å²) in [4.78, 5) is 0. The molecular formula is C18H29BrO2. The summed E-state index contributed by atoms with van der Waals surface area (Å²) >= 11 is 3.64. The van der Waals surface area contributed by atoms with Crippen LogP contribution in [-0.4, -0.2) is 18.9 Å². The van der Waals surface area contributed by atoms with Gasteiger partial charge < -0.3 is 9.47 Å². The van der Waals surface area contributed by atoms with Crippen LogP contribution < -0.4 is 0 Å². The Labute approximate surface area is 138 Å². The number of alkyl halides is 1. The van der Waals surface area contributed by atoms with Gasteiger partial charge in [-0.3, -0.25) is 0 Å². The van der Waals surface area contributed by atoms with Crippen LogP contribution in [0.3, 0.4) is 0 Å². The van der Waals surface area contributed by atoms with Gasteiger partial charge in [0.1, 0.15) is 0 Å². The summed E-state index contributed by atoms with van der Waals surface area (Å²) in [6.07, 6.45) is 8.85. The first-order valence-corrected chi connectivity index (χ1v) is 8.81. The van der Waals surface area contributed by atoms with Crippen molar-refractivity contribution in [3.8, 4) is 0 Å². The normalized spacial score (nSPS) is 13.3. The SMILES string of the molecule is CCCCCCCCC(c1ccccc1)C(Br)(OC)OC. The lowest BCUT2D eigenvalue weighted by molar-refractivity contribution is -0.145. The second kappa shape index (κ2) is 10.4. The summed E-state index contributed by atoms with van der Waals surface area (Å²) in [5, 5.41) is 0. The molecule has 0 aliphatic heterocycles. The van der Waals surface area contributed by atoms with Gasteiger partial charge in [-0.05, 0) is 27.9 Å². The van der Waals surface area contributed by atoms with E-state index in [1.165, 1.54) is 44.1 Å². The van der Waals surface area contributed by atoms with Gasteiger partial charge in [0.05, 0.1) is 0 Å². The number of ether oxygens (including phenoxy) is 2. The Hall–Kier alpha value is -0.380. The zero-order chi connectivity index (χ0) is 15.6. The molecule has 0 saturated carbocycles. The summed E-state index contributed by atoms with van der Waals surface area (Å²) in [5.41, 5.74) is 1.26. The van der Waals surface area contributed by atoms with Crippen LogP contribution in [0.25, 0.3) is 0 Å². The number of methoxy groups -OCH3 is 2. The van der Waals surface area contributed by atoms with Crippen LogP contribution in [0.15, 0.2) is 30.3 Å². The molecule has 0 N–H and O–H groups in total. The number of hydrogen-bond donors (Lipinski definition) is 0. The van der Waals surface area contributed by atoms with Crippen molar-refractivity contribution in [1.82, 2.24) is 0 Å². The minimum Gasteiger partial charge on any atom is -0.344 e. The molecule has 2 nitrogen and oxygen atoms in total. The molecule has 1 unspecified atom stereocenters. The van der Waals surface area contributed by atoms with Crippen molar-refractivity contribution in [2.24, 2.45) is 0 Å². The highest BCUT2D eigenvalue weighted by Gasteiger charge is 2.37. The van der Waals surface area contributed by atoms with E-state index in [4.69, 9.17) is 9.47 Å². The number of benzene rings is 1. The Balaban J connectivity index is 2.62. The first-order chi connectivity index (χ1) is 10.2. The van der Waals surface area contributed by atoms with Crippen LogP contribution in [0.5, 0.6) is 0 Å². The van der Waals surface area contributed by atoms with Gasteiger partial charge in [0.2, 0.25) is 4.70 Å². The Kier molecular flexibility index (Phi) is 9.21. The fraction of sp³-hybridized carbons (Fsp3) is 0.667. The van der Waals surface area contributed by atoms with E-state index < -0.39 is 4.70 Å². The second-order valence-corrected chi connectivity index (χ2v) is 6.62. The van der Waals surface area contributed by atoms with Crippen LogP contribution in [0.4, 0.5) is 0 Å². The molecule has 120 valence electrons. The van der Waals surface area contributed by atoms with Crippen molar-refractivity contribution < 1.29 is 9.47 Å². The fourth-order valence-corrected chi connectivity index (χ4v) is 3.21. The zero-order valence-electron chi connectivity index (χ0n) is 13.6. The van der Waals surface area contributed by atoms with Crippen LogP contribution in [-0.2, 0) is 9.47 Å². The third-order valence-corrected chi connectivity index (χ3v) is 5.22. The molecule has 0 saturated heterocycles. The average Bonchev–Trinajstić information content (AvgIpc) is 2.54. The monoisotopic (exact) mass is 356 g/mol. The number of hydrogen-bond acceptors (Lipinski definition) is 2. The highest BCUT2D eigenvalue weighted by atomic mass is 79.9. The van der Waals surface area contributed by atoms with Crippen molar-refractivity contribution >= 4 is 15.9 Å². The molecule has 1 aromatic carbocycles. The van der Waals surface area contributed by atoms with Crippen LogP contribution >= 0.6 is 15.9 Å². The van der Waals surface area contributed by atoms with Gasteiger partial charge in [0, 0.05) is 20.1 Å². The summed E-state index contributed by atoms with van der Waals surface area (Å²) in [5.74, 6) is 0.194. The van der Waals surface area contributed by atoms with Crippen molar-refractivity contribution in [3.63, 3.8) is 0 Å². The molecule has 1 atom stereocenters. The third kappa shape index (κ3) is 6.09. The van der Waals surface area contributed by atoms with E-state index in [0.29, 0.717) is 0 Å². The average molecular weight is 357 g/mol. The molecule has 3 heteroatoms. The lowest BCUT2D eigenvalue weighted by atomic mass is 9.92. The smallest absolute Gasteiger partial charge is 0.232 e. The summed E-state index contributed by atoms with van der Waals surface area (Å²) in [6.45, 7) is 2.25. The Morgan fingerprint density at radius 3 is 2.10 bits per heavy atom. The van der Waals surface area contributed by atoms with Crippen LogP contribution in [0, 0.1) is 0 Å². The van der Waals surface area contributed by atoms with E-state index in [0.717, 1.165) is 6.42 Å². The van der Waals surface area contributed by atoms with Gasteiger partial charge >= 0.3 is 0 Å². The Morgan fingerprint density at radius 2 is 1.52 bits per heavy atom. The van der Waals surface area contributed by atoms with E-state index in [9.17, 15) is 0 Å². The van der Waals surface area contributed by atoms with Crippen LogP contribution in [0.1, 0.15) is 63.4 Å². The Bertz CT molecular complexity index is 363. The summed E-state index contributed by atoms with van der Waals surface area (Å²) in [6, 6.07) is 10.5. The topological polar surface area (TPSA) is 18.5 Å². The molecular weight excluding hydrogens is 328 g/mol. The lowest BCUT2D eigenvalue weighted by Crippen LogP contribution is -2.34. The van der Waals surface area contributed by atoms with Crippen molar-refractivity contribution in [1.29, 1.82) is 0 Å². The maximum atomic E-state index is 5.59. The molecule has 0 fully saturated rings. The number of rotatable bonds is 11. The maximum absolute atomic E-state index is 5.59. The number of unbranched alkanes of at least 4 members (excludes halogenated alkanes) is 5. The van der Waals surface area contributed by atoms with Gasteiger partial charge in [0.25, 0.3) is 0 Å². The van der Waals surface area contributed by atoms with Crippen molar-refractivity contribution in [2.75, 3.05) is 14.2 Å². The zero-order valence-corrected chi connectivity index (χ0v) is 15.2. The summed E-state index contributed by atoms with van der Waals surface area (Å²) < 4.78 is 10.4. The largest absolute Gasteiger partial charge is 0.344 e. The van der Waals surface area contributed by atoms with Gasteiger partial charge in [-0.1, -0.05) is 75.8 Å². The fourth-order valence-electron chi connectivity index (χ4n) is 2.72. The standard InChI is InChI=1S/C18H29BrO2/c1-4-5-6-7-8-12-15-17(18(19,20-2)21-3)16-13-10-9-11-14-16/h9-11,13-14,17H,4-8,12,15H2,1-3H3.